The van der Waals surface area contributed by atoms with E-state index < -0.39 is 10.8 Å². The van der Waals surface area contributed by atoms with Crippen LogP contribution in [0.25, 0.3) is 11.3 Å². The van der Waals surface area contributed by atoms with Crippen LogP contribution in [-0.2, 0) is 6.54 Å². The fraction of sp³-hybridized carbons (Fsp3) is 0.154. The van der Waals surface area contributed by atoms with Crippen molar-refractivity contribution in [3.63, 3.8) is 0 Å². The summed E-state index contributed by atoms with van der Waals surface area (Å²) in [7, 11) is 0. The van der Waals surface area contributed by atoms with Crippen LogP contribution in [0.3, 0.4) is 0 Å². The predicted octanol–water partition coefficient (Wildman–Crippen LogP) is 1.47. The maximum atomic E-state index is 11.5. The van der Waals surface area contributed by atoms with E-state index in [1.54, 1.807) is 6.07 Å². The minimum absolute atomic E-state index is 0.102. The van der Waals surface area contributed by atoms with Gasteiger partial charge >= 0.3 is 0 Å². The van der Waals surface area contributed by atoms with Crippen molar-refractivity contribution in [3.8, 4) is 17.3 Å². The molecule has 0 radical (unpaired) electrons. The van der Waals surface area contributed by atoms with Crippen LogP contribution < -0.4 is 5.73 Å². The first-order chi connectivity index (χ1) is 10.0. The van der Waals surface area contributed by atoms with E-state index in [1.165, 1.54) is 29.1 Å². The van der Waals surface area contributed by atoms with E-state index in [9.17, 15) is 14.9 Å². The highest BCUT2D eigenvalue weighted by molar-refractivity contribution is 5.98. The number of amides is 1. The topological polar surface area (TPSA) is 128 Å². The van der Waals surface area contributed by atoms with Gasteiger partial charge in [0.15, 0.2) is 0 Å². The Morgan fingerprint density at radius 3 is 2.90 bits per heavy atom. The summed E-state index contributed by atoms with van der Waals surface area (Å²) in [6, 6.07) is 7.76. The number of nitriles is 1. The summed E-state index contributed by atoms with van der Waals surface area (Å²) in [6.07, 6.45) is 1.67. The van der Waals surface area contributed by atoms with E-state index in [1.807, 2.05) is 6.07 Å². The molecule has 106 valence electrons. The molecule has 1 amide bonds. The molecule has 2 aromatic rings. The second kappa shape index (κ2) is 5.83. The van der Waals surface area contributed by atoms with Gasteiger partial charge in [0.2, 0.25) is 0 Å². The van der Waals surface area contributed by atoms with Crippen LogP contribution in [0.15, 0.2) is 30.5 Å². The lowest BCUT2D eigenvalue weighted by Gasteiger charge is -1.99. The lowest BCUT2D eigenvalue weighted by Crippen LogP contribution is -2.11. The molecule has 0 aliphatic rings. The highest BCUT2D eigenvalue weighted by Gasteiger charge is 2.17. The van der Waals surface area contributed by atoms with Crippen LogP contribution in [0.4, 0.5) is 5.69 Å². The third-order valence-corrected chi connectivity index (χ3v) is 2.81. The van der Waals surface area contributed by atoms with E-state index in [4.69, 9.17) is 11.0 Å². The van der Waals surface area contributed by atoms with Gasteiger partial charge in [-0.3, -0.25) is 19.6 Å². The molecule has 21 heavy (non-hydrogen) atoms. The number of nitrogens with zero attached hydrogens (tertiary/aromatic N) is 4. The summed E-state index contributed by atoms with van der Waals surface area (Å²) < 4.78 is 1.43. The number of carbonyl (C=O) groups excluding carboxylic acids is 1. The maximum absolute atomic E-state index is 11.5. The quantitative estimate of drug-likeness (QED) is 0.657. The van der Waals surface area contributed by atoms with Gasteiger partial charge in [-0.2, -0.15) is 10.4 Å². The SMILES string of the molecule is N#CCCn1cc(C(N)=O)c(-c2cccc([N+](=O)[O-])c2)n1. The number of aryl methyl sites for hydroxylation is 1. The predicted molar refractivity (Wildman–Crippen MR) is 73.1 cm³/mol. The third-order valence-electron chi connectivity index (χ3n) is 2.81. The summed E-state index contributed by atoms with van der Waals surface area (Å²) >= 11 is 0. The second-order valence-corrected chi connectivity index (χ2v) is 4.23. The van der Waals surface area contributed by atoms with Crippen LogP contribution in [0, 0.1) is 21.4 Å². The molecule has 0 spiro atoms. The smallest absolute Gasteiger partial charge is 0.270 e. The molecular weight excluding hydrogens is 274 g/mol. The zero-order valence-electron chi connectivity index (χ0n) is 10.9. The Morgan fingerprint density at radius 2 is 2.29 bits per heavy atom. The van der Waals surface area contributed by atoms with Gasteiger partial charge in [0.25, 0.3) is 11.6 Å². The lowest BCUT2D eigenvalue weighted by molar-refractivity contribution is -0.384. The van der Waals surface area contributed by atoms with E-state index in [2.05, 4.69) is 5.10 Å². The van der Waals surface area contributed by atoms with Crippen molar-refractivity contribution in [1.82, 2.24) is 9.78 Å². The zero-order valence-corrected chi connectivity index (χ0v) is 10.9. The highest BCUT2D eigenvalue weighted by atomic mass is 16.6. The molecular formula is C13H11N5O3. The number of nitro groups is 1. The first-order valence-electron chi connectivity index (χ1n) is 6.02. The number of benzene rings is 1. The van der Waals surface area contributed by atoms with Gasteiger partial charge in [-0.25, -0.2) is 0 Å². The molecule has 0 atom stereocenters. The summed E-state index contributed by atoms with van der Waals surface area (Å²) in [4.78, 5) is 21.7. The van der Waals surface area contributed by atoms with Crippen LogP contribution in [0.2, 0.25) is 0 Å². The first kappa shape index (κ1) is 14.2. The highest BCUT2D eigenvalue weighted by Crippen LogP contribution is 2.25. The molecule has 8 nitrogen and oxygen atoms in total. The molecule has 1 aromatic heterocycles. The molecule has 2 rings (SSSR count). The van der Waals surface area contributed by atoms with Crippen molar-refractivity contribution >= 4 is 11.6 Å². The number of non-ortho nitro benzene ring substituents is 1. The Labute approximate surface area is 119 Å². The largest absolute Gasteiger partial charge is 0.365 e. The number of nitro benzene ring substituents is 1. The lowest BCUT2D eigenvalue weighted by atomic mass is 10.1. The van der Waals surface area contributed by atoms with Gasteiger partial charge < -0.3 is 5.73 Å². The van der Waals surface area contributed by atoms with Crippen LogP contribution >= 0.6 is 0 Å². The van der Waals surface area contributed by atoms with Crippen LogP contribution in [-0.4, -0.2) is 20.6 Å². The number of rotatable bonds is 5. The Kier molecular flexibility index (Phi) is 3.95. The van der Waals surface area contributed by atoms with E-state index >= 15 is 0 Å². The molecule has 0 unspecified atom stereocenters. The summed E-state index contributed by atoms with van der Waals surface area (Å²) in [5.74, 6) is -0.681. The zero-order chi connectivity index (χ0) is 15.4. The fourth-order valence-corrected chi connectivity index (χ4v) is 1.86. The molecule has 0 aliphatic heterocycles. The molecule has 1 heterocycles. The standard InChI is InChI=1S/C13H11N5O3/c14-5-2-6-17-8-11(13(15)19)12(16-17)9-3-1-4-10(7-9)18(20)21/h1,3-4,7-8H,2,6H2,(H2,15,19). The number of hydrogen-bond acceptors (Lipinski definition) is 5. The summed E-state index contributed by atoms with van der Waals surface area (Å²) in [5, 5.41) is 23.6. The maximum Gasteiger partial charge on any atom is 0.270 e. The van der Waals surface area contributed by atoms with Crippen molar-refractivity contribution in [3.05, 3.63) is 46.1 Å². The number of hydrogen-bond donors (Lipinski definition) is 1. The molecule has 0 aliphatic carbocycles. The van der Waals surface area contributed by atoms with Gasteiger partial charge in [0, 0.05) is 23.9 Å². The van der Waals surface area contributed by atoms with Crippen LogP contribution in [0.1, 0.15) is 16.8 Å². The molecule has 1 aromatic carbocycles. The average molecular weight is 285 g/mol. The Balaban J connectivity index is 2.49. The molecule has 0 saturated carbocycles. The van der Waals surface area contributed by atoms with E-state index in [0.717, 1.165) is 0 Å². The Bertz CT molecular complexity index is 745. The van der Waals surface area contributed by atoms with Crippen molar-refractivity contribution in [2.75, 3.05) is 0 Å². The van der Waals surface area contributed by atoms with Crippen LogP contribution in [0.5, 0.6) is 0 Å². The molecule has 8 heteroatoms. The Hall–Kier alpha value is -3.21. The van der Waals surface area contributed by atoms with Crippen molar-refractivity contribution in [2.45, 2.75) is 13.0 Å². The number of aromatic nitrogens is 2. The minimum Gasteiger partial charge on any atom is -0.365 e. The van der Waals surface area contributed by atoms with Crippen molar-refractivity contribution in [1.29, 1.82) is 5.26 Å². The average Bonchev–Trinajstić information content (AvgIpc) is 2.89. The van der Waals surface area contributed by atoms with E-state index in [-0.39, 0.29) is 23.4 Å². The normalized spacial score (nSPS) is 10.0. The monoisotopic (exact) mass is 285 g/mol. The van der Waals surface area contributed by atoms with Gasteiger partial charge in [-0.05, 0) is 0 Å². The molecule has 0 fully saturated rings. The van der Waals surface area contributed by atoms with Gasteiger partial charge in [-0.1, -0.05) is 12.1 Å². The minimum atomic E-state index is -0.681. The van der Waals surface area contributed by atoms with Crippen molar-refractivity contribution in [2.24, 2.45) is 5.73 Å². The number of nitrogens with two attached hydrogens (primary N) is 1. The van der Waals surface area contributed by atoms with Gasteiger partial charge in [-0.15, -0.1) is 0 Å². The van der Waals surface area contributed by atoms with Gasteiger partial charge in [0.05, 0.1) is 29.5 Å². The molecule has 0 saturated heterocycles. The Morgan fingerprint density at radius 1 is 1.52 bits per heavy atom. The third kappa shape index (κ3) is 3.03. The second-order valence-electron chi connectivity index (χ2n) is 4.23. The fourth-order valence-electron chi connectivity index (χ4n) is 1.86. The molecule has 2 N–H and O–H groups in total. The number of primary amides is 1. The van der Waals surface area contributed by atoms with Crippen molar-refractivity contribution < 1.29 is 9.72 Å². The molecule has 0 bridgehead atoms. The first-order valence-corrected chi connectivity index (χ1v) is 6.02. The van der Waals surface area contributed by atoms with E-state index in [0.29, 0.717) is 12.1 Å². The number of carbonyl (C=O) groups is 1. The summed E-state index contributed by atoms with van der Waals surface area (Å²) in [6.45, 7) is 0.311. The summed E-state index contributed by atoms with van der Waals surface area (Å²) in [5.41, 5.74) is 6.05. The van der Waals surface area contributed by atoms with Gasteiger partial charge in [0.1, 0.15) is 5.69 Å².